The van der Waals surface area contributed by atoms with E-state index in [0.717, 1.165) is 16.9 Å². The van der Waals surface area contributed by atoms with Crippen molar-refractivity contribution in [3.63, 3.8) is 0 Å². The zero-order chi connectivity index (χ0) is 20.9. The summed E-state index contributed by atoms with van der Waals surface area (Å²) in [6.07, 6.45) is 1.52. The number of aromatic nitrogens is 1. The summed E-state index contributed by atoms with van der Waals surface area (Å²) >= 11 is 0. The number of benzene rings is 1. The highest BCUT2D eigenvalue weighted by atomic mass is 32.2. The molecular formula is C20H28N4O3S. The lowest BCUT2D eigenvalue weighted by molar-refractivity contribution is -0.116. The molecular weight excluding hydrogens is 376 g/mol. The molecule has 7 nitrogen and oxygen atoms in total. The van der Waals surface area contributed by atoms with Gasteiger partial charge < -0.3 is 15.5 Å². The van der Waals surface area contributed by atoms with Crippen molar-refractivity contribution in [1.29, 1.82) is 0 Å². The molecule has 2 N–H and O–H groups in total. The van der Waals surface area contributed by atoms with Crippen LogP contribution >= 0.6 is 0 Å². The molecule has 2 aromatic rings. The van der Waals surface area contributed by atoms with Crippen molar-refractivity contribution < 1.29 is 13.2 Å². The van der Waals surface area contributed by atoms with Crippen LogP contribution in [0.2, 0.25) is 0 Å². The van der Waals surface area contributed by atoms with E-state index in [1.165, 1.54) is 12.3 Å². The van der Waals surface area contributed by atoms with Crippen LogP contribution in [0.1, 0.15) is 26.3 Å². The summed E-state index contributed by atoms with van der Waals surface area (Å²) < 4.78 is 23.9. The molecule has 2 rings (SSSR count). The van der Waals surface area contributed by atoms with Crippen LogP contribution in [0.3, 0.4) is 0 Å². The van der Waals surface area contributed by atoms with Gasteiger partial charge in [0.15, 0.2) is 14.9 Å². The zero-order valence-electron chi connectivity index (χ0n) is 17.0. The van der Waals surface area contributed by atoms with Gasteiger partial charge in [-0.25, -0.2) is 13.4 Å². The lowest BCUT2D eigenvalue weighted by Gasteiger charge is -2.18. The summed E-state index contributed by atoms with van der Waals surface area (Å²) in [5.41, 5.74) is 2.43. The number of amides is 1. The van der Waals surface area contributed by atoms with Crippen LogP contribution in [0, 0.1) is 0 Å². The van der Waals surface area contributed by atoms with Gasteiger partial charge >= 0.3 is 0 Å². The molecule has 0 fully saturated rings. The first kappa shape index (κ1) is 21.8. The fraction of sp³-hybridized carbons (Fsp3) is 0.400. The highest BCUT2D eigenvalue weighted by Crippen LogP contribution is 2.24. The SMILES string of the molecule is CN(C)CC(=O)Nc1cccc(CNc2ccc(S(=O)(=O)C(C)(C)C)nc2)c1. The van der Waals surface area contributed by atoms with Gasteiger partial charge in [0.25, 0.3) is 0 Å². The molecule has 0 atom stereocenters. The van der Waals surface area contributed by atoms with Gasteiger partial charge in [0.2, 0.25) is 5.91 Å². The van der Waals surface area contributed by atoms with Crippen LogP contribution in [-0.2, 0) is 21.2 Å². The molecule has 1 heterocycles. The Hall–Kier alpha value is -2.45. The Labute approximate surface area is 167 Å². The molecule has 0 unspecified atom stereocenters. The predicted octanol–water partition coefficient (Wildman–Crippen LogP) is 2.77. The third-order valence-corrected chi connectivity index (χ3v) is 6.39. The quantitative estimate of drug-likeness (QED) is 0.737. The first-order valence-electron chi connectivity index (χ1n) is 8.97. The Balaban J connectivity index is 2.01. The normalized spacial score (nSPS) is 12.1. The average molecular weight is 405 g/mol. The molecule has 0 bridgehead atoms. The molecule has 152 valence electrons. The maximum atomic E-state index is 12.4. The van der Waals surface area contributed by atoms with Crippen LogP contribution in [0.4, 0.5) is 11.4 Å². The number of pyridine rings is 1. The maximum absolute atomic E-state index is 12.4. The number of carbonyl (C=O) groups excluding carboxylic acids is 1. The first-order chi connectivity index (χ1) is 13.0. The lowest BCUT2D eigenvalue weighted by atomic mass is 10.2. The average Bonchev–Trinajstić information content (AvgIpc) is 2.59. The van der Waals surface area contributed by atoms with Crippen LogP contribution < -0.4 is 10.6 Å². The van der Waals surface area contributed by atoms with Gasteiger partial charge in [0, 0.05) is 12.2 Å². The lowest BCUT2D eigenvalue weighted by Crippen LogP contribution is -2.28. The summed E-state index contributed by atoms with van der Waals surface area (Å²) in [6.45, 7) is 5.80. The Bertz CT molecular complexity index is 917. The molecule has 0 saturated heterocycles. The van der Waals surface area contributed by atoms with E-state index in [-0.39, 0.29) is 10.9 Å². The van der Waals surface area contributed by atoms with Crippen molar-refractivity contribution in [1.82, 2.24) is 9.88 Å². The number of anilines is 2. The van der Waals surface area contributed by atoms with E-state index in [0.29, 0.717) is 13.1 Å². The number of sulfone groups is 1. The molecule has 0 saturated carbocycles. The summed E-state index contributed by atoms with van der Waals surface area (Å²) in [6, 6.07) is 10.8. The van der Waals surface area contributed by atoms with Gasteiger partial charge in [0.1, 0.15) is 0 Å². The Kier molecular flexibility index (Phi) is 6.79. The second kappa shape index (κ2) is 8.70. The number of hydrogen-bond donors (Lipinski definition) is 2. The van der Waals surface area contributed by atoms with E-state index in [4.69, 9.17) is 0 Å². The number of likely N-dealkylation sites (N-methyl/N-ethyl adjacent to an activating group) is 1. The number of carbonyl (C=O) groups is 1. The van der Waals surface area contributed by atoms with Crippen molar-refractivity contribution in [3.05, 3.63) is 48.2 Å². The molecule has 0 aliphatic heterocycles. The predicted molar refractivity (Wildman–Crippen MR) is 112 cm³/mol. The molecule has 28 heavy (non-hydrogen) atoms. The third kappa shape index (κ3) is 5.77. The summed E-state index contributed by atoms with van der Waals surface area (Å²) in [5.74, 6) is -0.0741. The summed E-state index contributed by atoms with van der Waals surface area (Å²) in [4.78, 5) is 17.8. The molecule has 1 aromatic heterocycles. The monoisotopic (exact) mass is 404 g/mol. The fourth-order valence-corrected chi connectivity index (χ4v) is 3.47. The summed E-state index contributed by atoms with van der Waals surface area (Å²) in [5, 5.41) is 6.14. The topological polar surface area (TPSA) is 91.4 Å². The highest BCUT2D eigenvalue weighted by Gasteiger charge is 2.31. The van der Waals surface area contributed by atoms with E-state index in [1.54, 1.807) is 31.7 Å². The minimum absolute atomic E-state index is 0.0659. The van der Waals surface area contributed by atoms with Gasteiger partial charge in [-0.1, -0.05) is 12.1 Å². The highest BCUT2D eigenvalue weighted by molar-refractivity contribution is 7.92. The first-order valence-corrected chi connectivity index (χ1v) is 10.5. The fourth-order valence-electron chi connectivity index (χ4n) is 2.41. The largest absolute Gasteiger partial charge is 0.380 e. The van der Waals surface area contributed by atoms with Gasteiger partial charge in [-0.3, -0.25) is 4.79 Å². The molecule has 1 aromatic carbocycles. The van der Waals surface area contributed by atoms with Gasteiger partial charge in [0.05, 0.1) is 23.2 Å². The van der Waals surface area contributed by atoms with Crippen molar-refractivity contribution in [2.45, 2.75) is 37.1 Å². The van der Waals surface area contributed by atoms with E-state index >= 15 is 0 Å². The van der Waals surface area contributed by atoms with Crippen LogP contribution in [-0.4, -0.2) is 49.6 Å². The molecule has 0 aliphatic carbocycles. The zero-order valence-corrected chi connectivity index (χ0v) is 17.8. The Morgan fingerprint density at radius 3 is 2.39 bits per heavy atom. The molecule has 8 heteroatoms. The number of nitrogens with one attached hydrogen (secondary N) is 2. The molecule has 0 spiro atoms. The van der Waals surface area contributed by atoms with Crippen LogP contribution in [0.15, 0.2) is 47.6 Å². The second-order valence-corrected chi connectivity index (χ2v) is 10.5. The van der Waals surface area contributed by atoms with Crippen molar-refractivity contribution in [2.24, 2.45) is 0 Å². The standard InChI is InChI=1S/C20H28N4O3S/c1-20(2,3)28(26,27)19-10-9-17(13-22-19)21-12-15-7-6-8-16(11-15)23-18(25)14-24(4)5/h6-11,13,21H,12,14H2,1-5H3,(H,23,25). The van der Waals surface area contributed by atoms with E-state index in [2.05, 4.69) is 15.6 Å². The van der Waals surface area contributed by atoms with Crippen molar-refractivity contribution >= 4 is 27.1 Å². The number of rotatable bonds is 7. The van der Waals surface area contributed by atoms with Gasteiger partial charge in [-0.05, 0) is 64.7 Å². The maximum Gasteiger partial charge on any atom is 0.238 e. The number of hydrogen-bond acceptors (Lipinski definition) is 6. The van der Waals surface area contributed by atoms with E-state index in [9.17, 15) is 13.2 Å². The van der Waals surface area contributed by atoms with Crippen molar-refractivity contribution in [2.75, 3.05) is 31.3 Å². The molecule has 0 aliphatic rings. The molecule has 0 radical (unpaired) electrons. The van der Waals surface area contributed by atoms with Gasteiger partial charge in [-0.15, -0.1) is 0 Å². The summed E-state index contributed by atoms with van der Waals surface area (Å²) in [7, 11) is 0.210. The van der Waals surface area contributed by atoms with E-state index < -0.39 is 14.6 Å². The third-order valence-electron chi connectivity index (χ3n) is 3.99. The second-order valence-electron chi connectivity index (χ2n) is 7.84. The smallest absolute Gasteiger partial charge is 0.238 e. The minimum Gasteiger partial charge on any atom is -0.380 e. The minimum atomic E-state index is -3.47. The Morgan fingerprint density at radius 1 is 1.11 bits per heavy atom. The molecule has 1 amide bonds. The Morgan fingerprint density at radius 2 is 1.82 bits per heavy atom. The van der Waals surface area contributed by atoms with Crippen molar-refractivity contribution in [3.8, 4) is 0 Å². The number of nitrogens with zero attached hydrogens (tertiary/aromatic N) is 2. The van der Waals surface area contributed by atoms with E-state index in [1.807, 2.05) is 38.4 Å². The van der Waals surface area contributed by atoms with Crippen LogP contribution in [0.25, 0.3) is 0 Å². The van der Waals surface area contributed by atoms with Crippen LogP contribution in [0.5, 0.6) is 0 Å². The van der Waals surface area contributed by atoms with Gasteiger partial charge in [-0.2, -0.15) is 0 Å².